The van der Waals surface area contributed by atoms with Crippen LogP contribution in [0.2, 0.25) is 0 Å². The summed E-state index contributed by atoms with van der Waals surface area (Å²) in [5, 5.41) is 10.6. The number of aliphatic carboxylic acids is 1. The molecular weight excluding hydrogens is 286 g/mol. The fraction of sp³-hybridized carbons (Fsp3) is 0.273. The van der Waals surface area contributed by atoms with Crippen LogP contribution in [0.4, 0.5) is 5.69 Å². The molecule has 9 heteroatoms. The van der Waals surface area contributed by atoms with Gasteiger partial charge in [0.05, 0.1) is 0 Å². The van der Waals surface area contributed by atoms with E-state index in [2.05, 4.69) is 14.8 Å². The maximum Gasteiger partial charge on any atom is 0.322 e. The Morgan fingerprint density at radius 1 is 1.20 bits per heavy atom. The highest BCUT2D eigenvalue weighted by Crippen LogP contribution is 2.10. The Morgan fingerprint density at radius 2 is 1.80 bits per heavy atom. The van der Waals surface area contributed by atoms with Crippen molar-refractivity contribution in [2.75, 3.05) is 17.8 Å². The lowest BCUT2D eigenvalue weighted by Gasteiger charge is -2.08. The van der Waals surface area contributed by atoms with Gasteiger partial charge in [-0.05, 0) is 24.3 Å². The minimum atomic E-state index is -3.62. The number of carbonyl (C=O) groups excluding carboxylic acids is 1. The first-order valence-corrected chi connectivity index (χ1v) is 7.20. The quantitative estimate of drug-likeness (QED) is 0.553. The molecule has 1 aromatic rings. The zero-order valence-corrected chi connectivity index (χ0v) is 11.5. The molecule has 1 aromatic carbocycles. The smallest absolute Gasteiger partial charge is 0.322 e. The molecule has 110 valence electrons. The first kappa shape index (κ1) is 15.9. The van der Waals surface area contributed by atoms with E-state index in [-0.39, 0.29) is 12.1 Å². The van der Waals surface area contributed by atoms with Crippen LogP contribution in [0.25, 0.3) is 0 Å². The molecule has 0 aliphatic heterocycles. The van der Waals surface area contributed by atoms with E-state index in [0.717, 1.165) is 0 Å². The van der Waals surface area contributed by atoms with Gasteiger partial charge in [0.2, 0.25) is 0 Å². The first-order valence-electron chi connectivity index (χ1n) is 5.71. The minimum absolute atomic E-state index is 0.234. The number of anilines is 1. The summed E-state index contributed by atoms with van der Waals surface area (Å²) >= 11 is 0. The molecular formula is C11H15N3O5S. The summed E-state index contributed by atoms with van der Waals surface area (Å²) in [6.07, 6.45) is 0. The van der Waals surface area contributed by atoms with E-state index in [1.54, 1.807) is 6.92 Å². The second-order valence-corrected chi connectivity index (χ2v) is 5.26. The average Bonchev–Trinajstić information content (AvgIpc) is 2.36. The lowest BCUT2D eigenvalue weighted by Crippen LogP contribution is -2.30. The Labute approximate surface area is 116 Å². The number of hydrogen-bond acceptors (Lipinski definition) is 4. The molecule has 8 nitrogen and oxygen atoms in total. The third-order valence-electron chi connectivity index (χ3n) is 2.13. The van der Waals surface area contributed by atoms with E-state index in [9.17, 15) is 18.0 Å². The maximum absolute atomic E-state index is 11.5. The number of rotatable bonds is 7. The number of carboxylic acid groups (broad SMARTS) is 1. The summed E-state index contributed by atoms with van der Waals surface area (Å²) in [6.45, 7) is 1.42. The van der Waals surface area contributed by atoms with Gasteiger partial charge in [0.25, 0.3) is 16.1 Å². The standard InChI is InChI=1S/C11H15N3O5S/c1-2-13-20(18,19)14-9-5-3-8(4-6-9)11(17)12-7-10(15)16/h3-6,13-14H,2,7H2,1H3,(H,12,17)(H,15,16). The molecule has 0 aliphatic carbocycles. The molecule has 0 unspecified atom stereocenters. The molecule has 0 bridgehead atoms. The number of nitrogens with one attached hydrogen (secondary N) is 3. The Bertz CT molecular complexity index is 583. The van der Waals surface area contributed by atoms with Gasteiger partial charge in [0, 0.05) is 17.8 Å². The Balaban J connectivity index is 2.69. The summed E-state index contributed by atoms with van der Waals surface area (Å²) in [7, 11) is -3.62. The van der Waals surface area contributed by atoms with Crippen LogP contribution in [0, 0.1) is 0 Å². The summed E-state index contributed by atoms with van der Waals surface area (Å²) < 4.78 is 27.4. The molecule has 0 radical (unpaired) electrons. The van der Waals surface area contributed by atoms with Gasteiger partial charge in [-0.1, -0.05) is 6.92 Å². The van der Waals surface area contributed by atoms with E-state index < -0.39 is 28.6 Å². The van der Waals surface area contributed by atoms with E-state index in [4.69, 9.17) is 5.11 Å². The van der Waals surface area contributed by atoms with Gasteiger partial charge in [0.15, 0.2) is 0 Å². The van der Waals surface area contributed by atoms with Gasteiger partial charge in [-0.3, -0.25) is 14.3 Å². The summed E-state index contributed by atoms with van der Waals surface area (Å²) in [6, 6.07) is 5.59. The van der Waals surface area contributed by atoms with Crippen molar-refractivity contribution < 1.29 is 23.1 Å². The molecule has 0 fully saturated rings. The molecule has 0 saturated heterocycles. The van der Waals surface area contributed by atoms with Crippen molar-refractivity contribution in [2.45, 2.75) is 6.92 Å². The Hall–Kier alpha value is -2.13. The van der Waals surface area contributed by atoms with Crippen LogP contribution in [0.1, 0.15) is 17.3 Å². The van der Waals surface area contributed by atoms with E-state index in [1.165, 1.54) is 24.3 Å². The van der Waals surface area contributed by atoms with Crippen molar-refractivity contribution in [1.29, 1.82) is 0 Å². The number of hydrogen-bond donors (Lipinski definition) is 4. The van der Waals surface area contributed by atoms with Crippen molar-refractivity contribution >= 4 is 27.8 Å². The second-order valence-electron chi connectivity index (χ2n) is 3.76. The minimum Gasteiger partial charge on any atom is -0.480 e. The highest BCUT2D eigenvalue weighted by molar-refractivity contribution is 7.90. The highest BCUT2D eigenvalue weighted by Gasteiger charge is 2.10. The first-order chi connectivity index (χ1) is 9.34. The van der Waals surface area contributed by atoms with Gasteiger partial charge in [-0.2, -0.15) is 13.1 Å². The van der Waals surface area contributed by atoms with Gasteiger partial charge < -0.3 is 10.4 Å². The summed E-state index contributed by atoms with van der Waals surface area (Å²) in [5.41, 5.74) is 0.526. The van der Waals surface area contributed by atoms with E-state index in [1.807, 2.05) is 0 Å². The zero-order valence-electron chi connectivity index (χ0n) is 10.7. The fourth-order valence-electron chi connectivity index (χ4n) is 1.33. The van der Waals surface area contributed by atoms with Crippen LogP contribution in [-0.4, -0.2) is 38.5 Å². The molecule has 0 atom stereocenters. The van der Waals surface area contributed by atoms with E-state index in [0.29, 0.717) is 5.69 Å². The van der Waals surface area contributed by atoms with Gasteiger partial charge in [-0.15, -0.1) is 0 Å². The zero-order chi connectivity index (χ0) is 15.2. The molecule has 1 amide bonds. The third-order valence-corrected chi connectivity index (χ3v) is 3.31. The monoisotopic (exact) mass is 301 g/mol. The van der Waals surface area contributed by atoms with Crippen LogP contribution in [0.15, 0.2) is 24.3 Å². The number of benzene rings is 1. The molecule has 0 saturated carbocycles. The van der Waals surface area contributed by atoms with Crippen LogP contribution >= 0.6 is 0 Å². The lowest BCUT2D eigenvalue weighted by molar-refractivity contribution is -0.135. The molecule has 0 heterocycles. The third kappa shape index (κ3) is 5.24. The SMILES string of the molecule is CCNS(=O)(=O)Nc1ccc(C(=O)NCC(=O)O)cc1. The van der Waals surface area contributed by atoms with Crippen LogP contribution in [0.3, 0.4) is 0 Å². The van der Waals surface area contributed by atoms with Crippen molar-refractivity contribution in [3.63, 3.8) is 0 Å². The van der Waals surface area contributed by atoms with Crippen molar-refractivity contribution in [1.82, 2.24) is 10.0 Å². The van der Waals surface area contributed by atoms with Crippen molar-refractivity contribution in [3.05, 3.63) is 29.8 Å². The second kappa shape index (κ2) is 6.87. The lowest BCUT2D eigenvalue weighted by atomic mass is 10.2. The molecule has 4 N–H and O–H groups in total. The van der Waals surface area contributed by atoms with Gasteiger partial charge >= 0.3 is 5.97 Å². The predicted molar refractivity (Wildman–Crippen MR) is 72.6 cm³/mol. The molecule has 0 spiro atoms. The average molecular weight is 301 g/mol. The van der Waals surface area contributed by atoms with Crippen molar-refractivity contribution in [2.24, 2.45) is 0 Å². The number of amides is 1. The van der Waals surface area contributed by atoms with Gasteiger partial charge in [-0.25, -0.2) is 0 Å². The summed E-state index contributed by atoms with van der Waals surface area (Å²) in [4.78, 5) is 21.8. The Kier molecular flexibility index (Phi) is 5.47. The van der Waals surface area contributed by atoms with Gasteiger partial charge in [0.1, 0.15) is 6.54 Å². The highest BCUT2D eigenvalue weighted by atomic mass is 32.2. The molecule has 20 heavy (non-hydrogen) atoms. The Morgan fingerprint density at radius 3 is 2.30 bits per heavy atom. The summed E-state index contributed by atoms with van der Waals surface area (Å²) in [5.74, 6) is -1.69. The largest absolute Gasteiger partial charge is 0.480 e. The normalized spacial score (nSPS) is 10.8. The molecule has 0 aromatic heterocycles. The predicted octanol–water partition coefficient (Wildman–Crippen LogP) is -0.233. The number of carbonyl (C=O) groups is 2. The fourth-order valence-corrected chi connectivity index (χ4v) is 2.23. The van der Waals surface area contributed by atoms with Crippen molar-refractivity contribution in [3.8, 4) is 0 Å². The van der Waals surface area contributed by atoms with E-state index >= 15 is 0 Å². The van der Waals surface area contributed by atoms with Crippen LogP contribution in [-0.2, 0) is 15.0 Å². The molecule has 1 rings (SSSR count). The molecule has 0 aliphatic rings. The number of carboxylic acids is 1. The maximum atomic E-state index is 11.5. The van der Waals surface area contributed by atoms with Crippen LogP contribution < -0.4 is 14.8 Å². The topological polar surface area (TPSA) is 125 Å². The van der Waals surface area contributed by atoms with Crippen LogP contribution in [0.5, 0.6) is 0 Å².